The molecule has 4 nitrogen and oxygen atoms in total. The van der Waals surface area contributed by atoms with E-state index in [9.17, 15) is 4.79 Å². The number of carbonyl (C=O) groups is 1. The number of carbonyl (C=O) groups excluding carboxylic acids is 1. The quantitative estimate of drug-likeness (QED) is 0.751. The first kappa shape index (κ1) is 17.6. The van der Waals surface area contributed by atoms with Crippen LogP contribution in [-0.2, 0) is 4.79 Å². The molecule has 1 amide bonds. The molecule has 0 bridgehead atoms. The Bertz CT molecular complexity index is 719. The van der Waals surface area contributed by atoms with Crippen LogP contribution in [0.2, 0.25) is 5.02 Å². The molecule has 0 aliphatic heterocycles. The summed E-state index contributed by atoms with van der Waals surface area (Å²) in [7, 11) is 1.58. The number of anilines is 2. The average Bonchev–Trinajstić information content (AvgIpc) is 2.51. The molecule has 2 rings (SSSR count). The van der Waals surface area contributed by atoms with Crippen molar-refractivity contribution in [3.63, 3.8) is 0 Å². The SMILES string of the molecule is COc1cc(NC(=O)C(C)(C)Nc2ccccc2Cl)ccc1Br. The second-order valence-corrected chi connectivity index (χ2v) is 6.79. The summed E-state index contributed by atoms with van der Waals surface area (Å²) in [5.41, 5.74) is 0.525. The van der Waals surface area contributed by atoms with Crippen molar-refractivity contribution in [1.82, 2.24) is 0 Å². The van der Waals surface area contributed by atoms with Crippen LogP contribution in [0.15, 0.2) is 46.9 Å². The van der Waals surface area contributed by atoms with E-state index in [1.807, 2.05) is 24.3 Å². The first-order valence-electron chi connectivity index (χ1n) is 7.01. The Morgan fingerprint density at radius 1 is 1.22 bits per heavy atom. The summed E-state index contributed by atoms with van der Waals surface area (Å²) in [6, 6.07) is 12.7. The molecule has 0 saturated carbocycles. The summed E-state index contributed by atoms with van der Waals surface area (Å²) in [6.45, 7) is 3.59. The van der Waals surface area contributed by atoms with Crippen molar-refractivity contribution < 1.29 is 9.53 Å². The Hall–Kier alpha value is -1.72. The lowest BCUT2D eigenvalue weighted by molar-refractivity contribution is -0.119. The maximum atomic E-state index is 12.6. The summed E-state index contributed by atoms with van der Waals surface area (Å²) < 4.78 is 6.06. The first-order chi connectivity index (χ1) is 10.8. The van der Waals surface area contributed by atoms with Gasteiger partial charge in [-0.2, -0.15) is 0 Å². The van der Waals surface area contributed by atoms with E-state index in [1.165, 1.54) is 0 Å². The molecule has 0 radical (unpaired) electrons. The number of para-hydroxylation sites is 1. The van der Waals surface area contributed by atoms with E-state index in [0.29, 0.717) is 22.1 Å². The molecular formula is C17H18BrClN2O2. The second-order valence-electron chi connectivity index (χ2n) is 5.53. The fraction of sp³-hybridized carbons (Fsp3) is 0.235. The highest BCUT2D eigenvalue weighted by Gasteiger charge is 2.28. The zero-order chi connectivity index (χ0) is 17.0. The zero-order valence-corrected chi connectivity index (χ0v) is 15.5. The monoisotopic (exact) mass is 396 g/mol. The van der Waals surface area contributed by atoms with Crippen LogP contribution < -0.4 is 15.4 Å². The van der Waals surface area contributed by atoms with Crippen LogP contribution in [0.25, 0.3) is 0 Å². The highest BCUT2D eigenvalue weighted by Crippen LogP contribution is 2.29. The van der Waals surface area contributed by atoms with Gasteiger partial charge in [0, 0.05) is 11.8 Å². The molecule has 0 fully saturated rings. The van der Waals surface area contributed by atoms with Gasteiger partial charge in [0.2, 0.25) is 5.91 Å². The van der Waals surface area contributed by atoms with E-state index in [2.05, 4.69) is 26.6 Å². The lowest BCUT2D eigenvalue weighted by atomic mass is 10.0. The van der Waals surface area contributed by atoms with Gasteiger partial charge in [-0.15, -0.1) is 0 Å². The molecule has 23 heavy (non-hydrogen) atoms. The molecule has 0 aliphatic rings. The Balaban J connectivity index is 2.14. The van der Waals surface area contributed by atoms with Gasteiger partial charge in [0.05, 0.1) is 22.3 Å². The molecular weight excluding hydrogens is 380 g/mol. The molecule has 0 saturated heterocycles. The van der Waals surface area contributed by atoms with Crippen molar-refractivity contribution in [3.05, 3.63) is 52.0 Å². The number of ether oxygens (including phenoxy) is 1. The molecule has 0 atom stereocenters. The van der Waals surface area contributed by atoms with Gasteiger partial charge in [-0.05, 0) is 54.0 Å². The van der Waals surface area contributed by atoms with E-state index in [1.54, 1.807) is 39.2 Å². The van der Waals surface area contributed by atoms with Gasteiger partial charge in [-0.25, -0.2) is 0 Å². The molecule has 0 unspecified atom stereocenters. The number of hydrogen-bond acceptors (Lipinski definition) is 3. The first-order valence-corrected chi connectivity index (χ1v) is 8.18. The van der Waals surface area contributed by atoms with Crippen LogP contribution in [0.1, 0.15) is 13.8 Å². The van der Waals surface area contributed by atoms with Gasteiger partial charge in [0.15, 0.2) is 0 Å². The predicted molar refractivity (Wildman–Crippen MR) is 98.5 cm³/mol. The number of amides is 1. The summed E-state index contributed by atoms with van der Waals surface area (Å²) in [5.74, 6) is 0.474. The molecule has 0 spiro atoms. The van der Waals surface area contributed by atoms with Crippen molar-refractivity contribution in [2.75, 3.05) is 17.7 Å². The summed E-state index contributed by atoms with van der Waals surface area (Å²) >= 11 is 9.52. The maximum absolute atomic E-state index is 12.6. The van der Waals surface area contributed by atoms with Crippen molar-refractivity contribution in [2.45, 2.75) is 19.4 Å². The van der Waals surface area contributed by atoms with Crippen LogP contribution in [-0.4, -0.2) is 18.6 Å². The fourth-order valence-electron chi connectivity index (χ4n) is 1.98. The average molecular weight is 398 g/mol. The Labute approximate surface area is 149 Å². The Morgan fingerprint density at radius 3 is 2.57 bits per heavy atom. The second kappa shape index (κ2) is 7.23. The highest BCUT2D eigenvalue weighted by atomic mass is 79.9. The number of halogens is 2. The minimum absolute atomic E-state index is 0.179. The van der Waals surface area contributed by atoms with Gasteiger partial charge in [-0.3, -0.25) is 4.79 Å². The molecule has 0 heterocycles. The van der Waals surface area contributed by atoms with Crippen molar-refractivity contribution in [1.29, 1.82) is 0 Å². The number of methoxy groups -OCH3 is 1. The Morgan fingerprint density at radius 2 is 1.91 bits per heavy atom. The highest BCUT2D eigenvalue weighted by molar-refractivity contribution is 9.10. The molecule has 2 aromatic carbocycles. The predicted octanol–water partition coefficient (Wildman–Crippen LogP) is 4.94. The van der Waals surface area contributed by atoms with Crippen LogP contribution in [0.3, 0.4) is 0 Å². The summed E-state index contributed by atoms with van der Waals surface area (Å²) in [4.78, 5) is 12.6. The standard InChI is InChI=1S/C17H18BrClN2O2/c1-17(2,21-14-7-5-4-6-13(14)19)16(22)20-11-8-9-12(18)15(10-11)23-3/h4-10,21H,1-3H3,(H,20,22). The number of benzene rings is 2. The van der Waals surface area contributed by atoms with E-state index in [4.69, 9.17) is 16.3 Å². The van der Waals surface area contributed by atoms with Crippen LogP contribution in [0.5, 0.6) is 5.75 Å². The van der Waals surface area contributed by atoms with E-state index >= 15 is 0 Å². The summed E-state index contributed by atoms with van der Waals surface area (Å²) in [6.07, 6.45) is 0. The maximum Gasteiger partial charge on any atom is 0.249 e. The van der Waals surface area contributed by atoms with Crippen LogP contribution in [0, 0.1) is 0 Å². The fourth-order valence-corrected chi connectivity index (χ4v) is 2.57. The number of hydrogen-bond donors (Lipinski definition) is 2. The molecule has 122 valence electrons. The van der Waals surface area contributed by atoms with Crippen LogP contribution >= 0.6 is 27.5 Å². The molecule has 0 aliphatic carbocycles. The summed E-state index contributed by atoms with van der Waals surface area (Å²) in [5, 5.41) is 6.61. The lowest BCUT2D eigenvalue weighted by Crippen LogP contribution is -2.44. The molecule has 2 N–H and O–H groups in total. The van der Waals surface area contributed by atoms with Crippen LogP contribution in [0.4, 0.5) is 11.4 Å². The third kappa shape index (κ3) is 4.39. The van der Waals surface area contributed by atoms with Crippen molar-refractivity contribution in [2.24, 2.45) is 0 Å². The third-order valence-electron chi connectivity index (χ3n) is 3.30. The van der Waals surface area contributed by atoms with Gasteiger partial charge in [-0.1, -0.05) is 23.7 Å². The van der Waals surface area contributed by atoms with Gasteiger partial charge in [0.1, 0.15) is 11.3 Å². The minimum atomic E-state index is -0.842. The van der Waals surface area contributed by atoms with Crippen molar-refractivity contribution >= 4 is 44.8 Å². The zero-order valence-electron chi connectivity index (χ0n) is 13.1. The van der Waals surface area contributed by atoms with Crippen molar-refractivity contribution in [3.8, 4) is 5.75 Å². The number of nitrogens with one attached hydrogen (secondary N) is 2. The normalized spacial score (nSPS) is 11.0. The van der Waals surface area contributed by atoms with Gasteiger partial charge < -0.3 is 15.4 Å². The van der Waals surface area contributed by atoms with E-state index in [-0.39, 0.29) is 5.91 Å². The van der Waals surface area contributed by atoms with E-state index < -0.39 is 5.54 Å². The molecule has 2 aromatic rings. The largest absolute Gasteiger partial charge is 0.495 e. The molecule has 0 aromatic heterocycles. The van der Waals surface area contributed by atoms with Gasteiger partial charge >= 0.3 is 0 Å². The molecule has 6 heteroatoms. The number of rotatable bonds is 5. The third-order valence-corrected chi connectivity index (χ3v) is 4.28. The van der Waals surface area contributed by atoms with E-state index in [0.717, 1.165) is 4.47 Å². The Kier molecular flexibility index (Phi) is 5.55. The topological polar surface area (TPSA) is 50.4 Å². The van der Waals surface area contributed by atoms with Gasteiger partial charge in [0.25, 0.3) is 0 Å². The minimum Gasteiger partial charge on any atom is -0.495 e. The lowest BCUT2D eigenvalue weighted by Gasteiger charge is -2.27. The smallest absolute Gasteiger partial charge is 0.249 e.